The molecular formula is C17H20N2O5. The van der Waals surface area contributed by atoms with Gasteiger partial charge in [-0.3, -0.25) is 9.59 Å². The standard InChI is InChI=1S/C17H20N2O5/c1-2-24-17(23)14(8-11-6-4-3-5-7-11)18-12-9-15(20)19-13(12)10-16(21)22/h3-7,9,13-14,18H,2,8,10H2,1H3,(H,19,20)(H,21,22). The van der Waals surface area contributed by atoms with E-state index < -0.39 is 24.0 Å². The molecule has 24 heavy (non-hydrogen) atoms. The maximum absolute atomic E-state index is 12.2. The van der Waals surface area contributed by atoms with Gasteiger partial charge in [0, 0.05) is 18.2 Å². The third kappa shape index (κ3) is 4.84. The van der Waals surface area contributed by atoms with Crippen LogP contribution in [-0.2, 0) is 25.5 Å². The molecule has 0 radical (unpaired) electrons. The highest BCUT2D eigenvalue weighted by Gasteiger charge is 2.30. The lowest BCUT2D eigenvalue weighted by molar-refractivity contribution is -0.145. The molecule has 3 N–H and O–H groups in total. The van der Waals surface area contributed by atoms with Crippen molar-refractivity contribution in [3.05, 3.63) is 47.7 Å². The van der Waals surface area contributed by atoms with Gasteiger partial charge in [-0.15, -0.1) is 0 Å². The Morgan fingerprint density at radius 2 is 2.04 bits per heavy atom. The van der Waals surface area contributed by atoms with Crippen molar-refractivity contribution in [3.8, 4) is 0 Å². The van der Waals surface area contributed by atoms with Crippen molar-refractivity contribution in [1.82, 2.24) is 10.6 Å². The first-order valence-electron chi connectivity index (χ1n) is 7.70. The normalized spacial score (nSPS) is 17.6. The lowest BCUT2D eigenvalue weighted by atomic mass is 10.0. The highest BCUT2D eigenvalue weighted by molar-refractivity contribution is 5.92. The van der Waals surface area contributed by atoms with Crippen LogP contribution in [0, 0.1) is 0 Å². The van der Waals surface area contributed by atoms with Gasteiger partial charge in [0.15, 0.2) is 0 Å². The van der Waals surface area contributed by atoms with Crippen LogP contribution in [0.4, 0.5) is 0 Å². The van der Waals surface area contributed by atoms with Crippen LogP contribution in [0.5, 0.6) is 0 Å². The molecular weight excluding hydrogens is 312 g/mol. The Kier molecular flexibility index (Phi) is 5.95. The Morgan fingerprint density at radius 3 is 2.67 bits per heavy atom. The van der Waals surface area contributed by atoms with Crippen molar-refractivity contribution in [2.45, 2.75) is 31.8 Å². The molecule has 0 saturated heterocycles. The van der Waals surface area contributed by atoms with Gasteiger partial charge >= 0.3 is 11.9 Å². The molecule has 0 spiro atoms. The molecule has 0 saturated carbocycles. The number of aliphatic carboxylic acids is 1. The van der Waals surface area contributed by atoms with Crippen LogP contribution in [0.3, 0.4) is 0 Å². The number of carbonyl (C=O) groups excluding carboxylic acids is 2. The van der Waals surface area contributed by atoms with Gasteiger partial charge in [-0.05, 0) is 12.5 Å². The Hall–Kier alpha value is -2.83. The summed E-state index contributed by atoms with van der Waals surface area (Å²) in [6, 6.07) is 7.99. The minimum atomic E-state index is -1.04. The maximum Gasteiger partial charge on any atom is 0.328 e. The number of benzene rings is 1. The number of ether oxygens (including phenoxy) is 1. The zero-order valence-corrected chi connectivity index (χ0v) is 13.3. The molecule has 7 nitrogen and oxygen atoms in total. The van der Waals surface area contributed by atoms with E-state index in [9.17, 15) is 14.4 Å². The molecule has 0 fully saturated rings. The van der Waals surface area contributed by atoms with Gasteiger partial charge in [-0.1, -0.05) is 30.3 Å². The molecule has 1 aromatic rings. The predicted molar refractivity (Wildman–Crippen MR) is 86.0 cm³/mol. The maximum atomic E-state index is 12.2. The average Bonchev–Trinajstić information content (AvgIpc) is 2.86. The van der Waals surface area contributed by atoms with Crippen LogP contribution in [0.15, 0.2) is 42.1 Å². The molecule has 2 atom stereocenters. The van der Waals surface area contributed by atoms with Crippen molar-refractivity contribution in [3.63, 3.8) is 0 Å². The third-order valence-corrected chi connectivity index (χ3v) is 3.55. The largest absolute Gasteiger partial charge is 0.481 e. The molecule has 1 aliphatic rings. The Balaban J connectivity index is 2.14. The first kappa shape index (κ1) is 17.5. The minimum absolute atomic E-state index is 0.237. The zero-order valence-electron chi connectivity index (χ0n) is 13.3. The van der Waals surface area contributed by atoms with Crippen LogP contribution < -0.4 is 10.6 Å². The van der Waals surface area contributed by atoms with E-state index in [0.717, 1.165) is 5.56 Å². The summed E-state index contributed by atoms with van der Waals surface area (Å²) >= 11 is 0. The number of carbonyl (C=O) groups is 3. The molecule has 1 heterocycles. The van der Waals surface area contributed by atoms with E-state index in [0.29, 0.717) is 12.1 Å². The highest BCUT2D eigenvalue weighted by Crippen LogP contribution is 2.14. The van der Waals surface area contributed by atoms with Crippen LogP contribution >= 0.6 is 0 Å². The first-order valence-corrected chi connectivity index (χ1v) is 7.70. The number of carboxylic acids is 1. The summed E-state index contributed by atoms with van der Waals surface area (Å²) in [7, 11) is 0. The summed E-state index contributed by atoms with van der Waals surface area (Å²) < 4.78 is 5.08. The van der Waals surface area contributed by atoms with E-state index in [-0.39, 0.29) is 18.9 Å². The molecule has 2 unspecified atom stereocenters. The fourth-order valence-electron chi connectivity index (χ4n) is 2.50. The molecule has 7 heteroatoms. The summed E-state index contributed by atoms with van der Waals surface area (Å²) in [5.41, 5.74) is 1.31. The van der Waals surface area contributed by atoms with Gasteiger partial charge in [-0.25, -0.2) is 4.79 Å². The van der Waals surface area contributed by atoms with Gasteiger partial charge in [0.1, 0.15) is 6.04 Å². The number of hydrogen-bond donors (Lipinski definition) is 3. The third-order valence-electron chi connectivity index (χ3n) is 3.55. The number of hydrogen-bond acceptors (Lipinski definition) is 5. The summed E-state index contributed by atoms with van der Waals surface area (Å²) in [5, 5.41) is 14.5. The highest BCUT2D eigenvalue weighted by atomic mass is 16.5. The smallest absolute Gasteiger partial charge is 0.328 e. The number of esters is 1. The van der Waals surface area contributed by atoms with Crippen molar-refractivity contribution in [1.29, 1.82) is 0 Å². The van der Waals surface area contributed by atoms with E-state index in [1.165, 1.54) is 6.08 Å². The SMILES string of the molecule is CCOC(=O)C(Cc1ccccc1)NC1=CC(=O)NC1CC(=O)O. The molecule has 0 bridgehead atoms. The van der Waals surface area contributed by atoms with Crippen molar-refractivity contribution in [2.24, 2.45) is 0 Å². The Bertz CT molecular complexity index is 642. The lowest BCUT2D eigenvalue weighted by Gasteiger charge is -2.22. The van der Waals surface area contributed by atoms with Crippen LogP contribution in [0.2, 0.25) is 0 Å². The number of nitrogens with one attached hydrogen (secondary N) is 2. The van der Waals surface area contributed by atoms with E-state index in [4.69, 9.17) is 9.84 Å². The van der Waals surface area contributed by atoms with Gasteiger partial charge < -0.3 is 20.5 Å². The molecule has 2 rings (SSSR count). The Labute approximate surface area is 139 Å². The fraction of sp³-hybridized carbons (Fsp3) is 0.353. The number of amides is 1. The van der Waals surface area contributed by atoms with E-state index in [1.807, 2.05) is 30.3 Å². The minimum Gasteiger partial charge on any atom is -0.481 e. The quantitative estimate of drug-likeness (QED) is 0.603. The monoisotopic (exact) mass is 332 g/mol. The van der Waals surface area contributed by atoms with Crippen molar-refractivity contribution in [2.75, 3.05) is 6.61 Å². The van der Waals surface area contributed by atoms with Crippen molar-refractivity contribution < 1.29 is 24.2 Å². The van der Waals surface area contributed by atoms with Gasteiger partial charge in [0.25, 0.3) is 0 Å². The van der Waals surface area contributed by atoms with Crippen LogP contribution in [0.1, 0.15) is 18.9 Å². The molecule has 0 aromatic heterocycles. The van der Waals surface area contributed by atoms with Gasteiger partial charge in [0.05, 0.1) is 19.1 Å². The molecule has 1 amide bonds. The van der Waals surface area contributed by atoms with E-state index >= 15 is 0 Å². The number of rotatable bonds is 8. The summed E-state index contributed by atoms with van der Waals surface area (Å²) in [4.78, 5) is 34.7. The van der Waals surface area contributed by atoms with Crippen LogP contribution in [0.25, 0.3) is 0 Å². The molecule has 1 aliphatic heterocycles. The summed E-state index contributed by atoms with van der Waals surface area (Å²) in [5.74, 6) is -1.87. The summed E-state index contributed by atoms with van der Waals surface area (Å²) in [6.45, 7) is 1.95. The predicted octanol–water partition coefficient (Wildman–Crippen LogP) is 0.607. The first-order chi connectivity index (χ1) is 11.5. The second kappa shape index (κ2) is 8.14. The fourth-order valence-corrected chi connectivity index (χ4v) is 2.50. The van der Waals surface area contributed by atoms with Gasteiger partial charge in [-0.2, -0.15) is 0 Å². The Morgan fingerprint density at radius 1 is 1.33 bits per heavy atom. The van der Waals surface area contributed by atoms with E-state index in [1.54, 1.807) is 6.92 Å². The second-order valence-corrected chi connectivity index (χ2v) is 5.40. The second-order valence-electron chi connectivity index (χ2n) is 5.40. The molecule has 128 valence electrons. The van der Waals surface area contributed by atoms with Gasteiger partial charge in [0.2, 0.25) is 5.91 Å². The van der Waals surface area contributed by atoms with E-state index in [2.05, 4.69) is 10.6 Å². The topological polar surface area (TPSA) is 105 Å². The van der Waals surface area contributed by atoms with Crippen molar-refractivity contribution >= 4 is 17.8 Å². The molecule has 0 aliphatic carbocycles. The van der Waals surface area contributed by atoms with Crippen LogP contribution in [-0.4, -0.2) is 41.6 Å². The zero-order chi connectivity index (χ0) is 17.5. The summed E-state index contributed by atoms with van der Waals surface area (Å²) in [6.07, 6.45) is 1.39. The average molecular weight is 332 g/mol. The molecule has 1 aromatic carbocycles. The number of carboxylic acid groups (broad SMARTS) is 1. The lowest BCUT2D eigenvalue weighted by Crippen LogP contribution is -2.43.